The maximum absolute atomic E-state index is 13.1. The van der Waals surface area contributed by atoms with Crippen molar-refractivity contribution in [3.63, 3.8) is 0 Å². The van der Waals surface area contributed by atoms with Crippen LogP contribution in [0.25, 0.3) is 0 Å². The highest BCUT2D eigenvalue weighted by Crippen LogP contribution is 2.34. The standard InChI is InChI=1S/C13H15ClFNO4S/c1-2-20-13(17)8-16(10-4-5-10)21(18,19)12-6-3-9(15)7-11(12)14/h3,6-7,10H,2,4-5,8H2,1H3. The summed E-state index contributed by atoms with van der Waals surface area (Å²) in [4.78, 5) is 11.4. The number of ether oxygens (including phenoxy) is 1. The van der Waals surface area contributed by atoms with Gasteiger partial charge in [-0.2, -0.15) is 4.31 Å². The van der Waals surface area contributed by atoms with Crippen LogP contribution in [0.4, 0.5) is 4.39 Å². The number of esters is 1. The van der Waals surface area contributed by atoms with Gasteiger partial charge in [0.2, 0.25) is 10.0 Å². The molecule has 8 heteroatoms. The molecule has 116 valence electrons. The monoisotopic (exact) mass is 335 g/mol. The van der Waals surface area contributed by atoms with Gasteiger partial charge in [0.15, 0.2) is 0 Å². The van der Waals surface area contributed by atoms with E-state index in [-0.39, 0.29) is 29.1 Å². The largest absolute Gasteiger partial charge is 0.465 e. The summed E-state index contributed by atoms with van der Waals surface area (Å²) in [7, 11) is -3.96. The van der Waals surface area contributed by atoms with E-state index in [2.05, 4.69) is 0 Å². The van der Waals surface area contributed by atoms with Crippen molar-refractivity contribution in [1.82, 2.24) is 4.31 Å². The summed E-state index contributed by atoms with van der Waals surface area (Å²) >= 11 is 5.82. The van der Waals surface area contributed by atoms with Gasteiger partial charge < -0.3 is 4.74 Å². The van der Waals surface area contributed by atoms with Crippen molar-refractivity contribution in [3.05, 3.63) is 29.0 Å². The first kappa shape index (κ1) is 16.2. The van der Waals surface area contributed by atoms with Crippen molar-refractivity contribution in [2.75, 3.05) is 13.2 Å². The third-order valence-electron chi connectivity index (χ3n) is 3.02. The molecule has 0 saturated heterocycles. The minimum atomic E-state index is -3.96. The number of benzene rings is 1. The van der Waals surface area contributed by atoms with Gasteiger partial charge in [0.25, 0.3) is 0 Å². The SMILES string of the molecule is CCOC(=O)CN(C1CC1)S(=O)(=O)c1ccc(F)cc1Cl. The normalized spacial score (nSPS) is 15.2. The Labute approximate surface area is 127 Å². The number of halogens is 2. The summed E-state index contributed by atoms with van der Waals surface area (Å²) in [5.74, 6) is -1.24. The van der Waals surface area contributed by atoms with Crippen molar-refractivity contribution in [2.45, 2.75) is 30.7 Å². The summed E-state index contributed by atoms with van der Waals surface area (Å²) < 4.78 is 44.1. The van der Waals surface area contributed by atoms with Crippen molar-refractivity contribution in [3.8, 4) is 0 Å². The van der Waals surface area contributed by atoms with Gasteiger partial charge in [-0.25, -0.2) is 12.8 Å². The first-order chi connectivity index (χ1) is 9.86. The molecule has 0 N–H and O–H groups in total. The smallest absolute Gasteiger partial charge is 0.321 e. The van der Waals surface area contributed by atoms with Gasteiger partial charge in [0.05, 0.1) is 11.6 Å². The lowest BCUT2D eigenvalue weighted by Crippen LogP contribution is -2.38. The zero-order valence-electron chi connectivity index (χ0n) is 11.4. The Morgan fingerprint density at radius 2 is 2.14 bits per heavy atom. The summed E-state index contributed by atoms with van der Waals surface area (Å²) in [6.45, 7) is 1.45. The van der Waals surface area contributed by atoms with Crippen molar-refractivity contribution >= 4 is 27.6 Å². The average Bonchev–Trinajstić information content (AvgIpc) is 3.19. The lowest BCUT2D eigenvalue weighted by molar-refractivity contribution is -0.143. The average molecular weight is 336 g/mol. The van der Waals surface area contributed by atoms with Gasteiger partial charge in [-0.15, -0.1) is 0 Å². The molecule has 0 spiro atoms. The molecule has 0 atom stereocenters. The molecule has 0 radical (unpaired) electrons. The quantitative estimate of drug-likeness (QED) is 0.748. The molecule has 5 nitrogen and oxygen atoms in total. The third-order valence-corrected chi connectivity index (χ3v) is 5.41. The summed E-state index contributed by atoms with van der Waals surface area (Å²) in [5.41, 5.74) is 0. The molecular formula is C13H15ClFNO4S. The number of hydrogen-bond donors (Lipinski definition) is 0. The molecule has 1 fully saturated rings. The molecule has 21 heavy (non-hydrogen) atoms. The second-order valence-corrected chi connectivity index (χ2v) is 6.93. The fourth-order valence-electron chi connectivity index (χ4n) is 1.92. The van der Waals surface area contributed by atoms with Gasteiger partial charge in [0.1, 0.15) is 17.3 Å². The Balaban J connectivity index is 2.31. The van der Waals surface area contributed by atoms with Gasteiger partial charge in [-0.1, -0.05) is 11.6 Å². The molecular weight excluding hydrogens is 321 g/mol. The first-order valence-electron chi connectivity index (χ1n) is 6.48. The van der Waals surface area contributed by atoms with Crippen LogP contribution in [0.3, 0.4) is 0 Å². The first-order valence-corrected chi connectivity index (χ1v) is 8.30. The van der Waals surface area contributed by atoms with E-state index in [0.29, 0.717) is 12.8 Å². The number of hydrogen-bond acceptors (Lipinski definition) is 4. The van der Waals surface area contributed by atoms with E-state index < -0.39 is 21.8 Å². The molecule has 0 amide bonds. The van der Waals surface area contributed by atoms with Crippen LogP contribution < -0.4 is 0 Å². The number of carbonyl (C=O) groups is 1. The van der Waals surface area contributed by atoms with Crippen molar-refractivity contribution in [2.24, 2.45) is 0 Å². The lowest BCUT2D eigenvalue weighted by atomic mass is 10.3. The van der Waals surface area contributed by atoms with E-state index in [9.17, 15) is 17.6 Å². The second kappa shape index (κ2) is 6.29. The molecule has 1 aromatic carbocycles. The molecule has 0 unspecified atom stereocenters. The molecule has 1 aromatic rings. The van der Waals surface area contributed by atoms with Crippen LogP contribution in [0.2, 0.25) is 5.02 Å². The van der Waals surface area contributed by atoms with Gasteiger partial charge in [-0.3, -0.25) is 4.79 Å². The van der Waals surface area contributed by atoms with E-state index in [1.54, 1.807) is 6.92 Å². The number of nitrogens with zero attached hydrogens (tertiary/aromatic N) is 1. The minimum Gasteiger partial charge on any atom is -0.465 e. The maximum atomic E-state index is 13.1. The van der Waals surface area contributed by atoms with Gasteiger partial charge >= 0.3 is 5.97 Å². The van der Waals surface area contributed by atoms with Gasteiger partial charge in [-0.05, 0) is 38.0 Å². The van der Waals surface area contributed by atoms with Crippen LogP contribution in [0.5, 0.6) is 0 Å². The third kappa shape index (κ3) is 3.72. The van der Waals surface area contributed by atoms with E-state index in [4.69, 9.17) is 16.3 Å². The van der Waals surface area contributed by atoms with E-state index in [0.717, 1.165) is 22.5 Å². The van der Waals surface area contributed by atoms with E-state index in [1.165, 1.54) is 0 Å². The second-order valence-electron chi connectivity index (χ2n) is 4.66. The van der Waals surface area contributed by atoms with Crippen LogP contribution in [0, 0.1) is 5.82 Å². The van der Waals surface area contributed by atoms with Gasteiger partial charge in [0, 0.05) is 6.04 Å². The Bertz CT molecular complexity index is 646. The highest BCUT2D eigenvalue weighted by molar-refractivity contribution is 7.89. The molecule has 1 aliphatic rings. The van der Waals surface area contributed by atoms with Crippen LogP contribution in [-0.2, 0) is 19.6 Å². The molecule has 1 aliphatic carbocycles. The van der Waals surface area contributed by atoms with E-state index >= 15 is 0 Å². The van der Waals surface area contributed by atoms with Crippen molar-refractivity contribution in [1.29, 1.82) is 0 Å². The predicted octanol–water partition coefficient (Wildman–Crippen LogP) is 2.20. The molecule has 0 aliphatic heterocycles. The Morgan fingerprint density at radius 1 is 1.48 bits per heavy atom. The lowest BCUT2D eigenvalue weighted by Gasteiger charge is -2.21. The molecule has 2 rings (SSSR count). The highest BCUT2D eigenvalue weighted by Gasteiger charge is 2.40. The number of rotatable bonds is 6. The predicted molar refractivity (Wildman–Crippen MR) is 75.0 cm³/mol. The summed E-state index contributed by atoms with van der Waals surface area (Å²) in [5, 5.41) is -0.204. The number of sulfonamides is 1. The fourth-order valence-corrected chi connectivity index (χ4v) is 4.05. The molecule has 1 saturated carbocycles. The Hall–Kier alpha value is -1.18. The van der Waals surface area contributed by atoms with Crippen LogP contribution in [-0.4, -0.2) is 37.9 Å². The molecule has 0 heterocycles. The summed E-state index contributed by atoms with van der Waals surface area (Å²) in [6.07, 6.45) is 1.36. The summed E-state index contributed by atoms with van der Waals surface area (Å²) in [6, 6.07) is 2.83. The van der Waals surface area contributed by atoms with Crippen LogP contribution in [0.1, 0.15) is 19.8 Å². The van der Waals surface area contributed by atoms with Crippen LogP contribution >= 0.6 is 11.6 Å². The molecule has 0 aromatic heterocycles. The number of carbonyl (C=O) groups excluding carboxylic acids is 1. The fraction of sp³-hybridized carbons (Fsp3) is 0.462. The van der Waals surface area contributed by atoms with Crippen molar-refractivity contribution < 1.29 is 22.3 Å². The zero-order chi connectivity index (χ0) is 15.6. The minimum absolute atomic E-state index is 0.175. The highest BCUT2D eigenvalue weighted by atomic mass is 35.5. The topological polar surface area (TPSA) is 63.7 Å². The van der Waals surface area contributed by atoms with Crippen LogP contribution in [0.15, 0.2) is 23.1 Å². The van der Waals surface area contributed by atoms with E-state index in [1.807, 2.05) is 0 Å². The Morgan fingerprint density at radius 3 is 2.67 bits per heavy atom. The zero-order valence-corrected chi connectivity index (χ0v) is 13.0. The Kier molecular flexibility index (Phi) is 4.85. The maximum Gasteiger partial charge on any atom is 0.321 e. The molecule has 0 bridgehead atoms.